The van der Waals surface area contributed by atoms with Crippen LogP contribution in [0.1, 0.15) is 23.8 Å². The van der Waals surface area contributed by atoms with E-state index in [9.17, 15) is 4.79 Å². The fourth-order valence-electron chi connectivity index (χ4n) is 1.21. The predicted octanol–water partition coefficient (Wildman–Crippen LogP) is 2.16. The zero-order valence-corrected chi connectivity index (χ0v) is 10.6. The van der Waals surface area contributed by atoms with E-state index in [1.807, 2.05) is 0 Å². The van der Waals surface area contributed by atoms with Crippen molar-refractivity contribution in [3.8, 4) is 0 Å². The molecule has 6 heteroatoms. The molecule has 1 heterocycles. The summed E-state index contributed by atoms with van der Waals surface area (Å²) in [6.45, 7) is 2.16. The highest BCUT2D eigenvalue weighted by Crippen LogP contribution is 2.22. The zero-order valence-electron chi connectivity index (χ0n) is 9.13. The smallest absolute Gasteiger partial charge is 0.270 e. The quantitative estimate of drug-likeness (QED) is 0.876. The summed E-state index contributed by atoms with van der Waals surface area (Å²) in [6.07, 6.45) is 0.107. The molecule has 0 aliphatic carbocycles. The molecule has 0 aromatic carbocycles. The van der Waals surface area contributed by atoms with E-state index in [2.05, 4.69) is 4.98 Å². The van der Waals surface area contributed by atoms with Crippen LogP contribution in [0.4, 0.5) is 0 Å². The molecule has 0 saturated carbocycles. The van der Waals surface area contributed by atoms with E-state index < -0.39 is 6.10 Å². The number of nitrogens with one attached hydrogen (secondary N) is 1. The molecular weight excluding hydrogens is 251 g/mol. The molecule has 1 aromatic heterocycles. The summed E-state index contributed by atoms with van der Waals surface area (Å²) in [5, 5.41) is 9.70. The first-order chi connectivity index (χ1) is 7.41. The summed E-state index contributed by atoms with van der Waals surface area (Å²) in [6, 6.07) is 1.49. The van der Waals surface area contributed by atoms with Crippen LogP contribution in [-0.2, 0) is 0 Å². The summed E-state index contributed by atoms with van der Waals surface area (Å²) in [7, 11) is 1.66. The molecule has 90 valence electrons. The van der Waals surface area contributed by atoms with Crippen LogP contribution >= 0.6 is 23.2 Å². The lowest BCUT2D eigenvalue weighted by atomic mass is 10.2. The molecule has 0 aliphatic rings. The average Bonchev–Trinajstić information content (AvgIpc) is 2.54. The van der Waals surface area contributed by atoms with Gasteiger partial charge in [-0.3, -0.25) is 4.79 Å². The number of H-pyrrole nitrogens is 1. The van der Waals surface area contributed by atoms with Crippen molar-refractivity contribution < 1.29 is 9.90 Å². The van der Waals surface area contributed by atoms with Gasteiger partial charge in [-0.1, -0.05) is 23.2 Å². The molecule has 0 fully saturated rings. The van der Waals surface area contributed by atoms with Crippen LogP contribution in [0.25, 0.3) is 0 Å². The first kappa shape index (κ1) is 13.4. The lowest BCUT2D eigenvalue weighted by Gasteiger charge is -2.16. The molecular formula is C10H14Cl2N2O2. The Balaban J connectivity index is 2.63. The molecule has 0 aliphatic heterocycles. The Bertz CT molecular complexity index is 357. The summed E-state index contributed by atoms with van der Waals surface area (Å²) < 4.78 is 0. The Labute approximate surface area is 104 Å². The topological polar surface area (TPSA) is 56.3 Å². The average molecular weight is 265 g/mol. The highest BCUT2D eigenvalue weighted by molar-refractivity contribution is 6.41. The van der Waals surface area contributed by atoms with E-state index in [1.165, 1.54) is 11.0 Å². The van der Waals surface area contributed by atoms with Crippen LogP contribution in [0.3, 0.4) is 0 Å². The molecule has 0 bridgehead atoms. The zero-order chi connectivity index (χ0) is 12.3. The number of aromatic amines is 1. The maximum atomic E-state index is 11.8. The van der Waals surface area contributed by atoms with E-state index in [1.54, 1.807) is 14.0 Å². The van der Waals surface area contributed by atoms with Crippen molar-refractivity contribution in [3.63, 3.8) is 0 Å². The summed E-state index contributed by atoms with van der Waals surface area (Å²) in [5.41, 5.74) is 0.350. The van der Waals surface area contributed by atoms with Crippen LogP contribution in [-0.4, -0.2) is 40.6 Å². The molecule has 0 radical (unpaired) electrons. The number of amides is 1. The van der Waals surface area contributed by atoms with Crippen LogP contribution < -0.4 is 0 Å². The highest BCUT2D eigenvalue weighted by atomic mass is 35.5. The van der Waals surface area contributed by atoms with Gasteiger partial charge in [-0.05, 0) is 19.4 Å². The van der Waals surface area contributed by atoms with E-state index in [0.717, 1.165) is 0 Å². The van der Waals surface area contributed by atoms with E-state index >= 15 is 0 Å². The van der Waals surface area contributed by atoms with Crippen molar-refractivity contribution in [2.75, 3.05) is 13.6 Å². The van der Waals surface area contributed by atoms with Gasteiger partial charge in [0.2, 0.25) is 0 Å². The van der Waals surface area contributed by atoms with Gasteiger partial charge in [0.25, 0.3) is 5.91 Å². The lowest BCUT2D eigenvalue weighted by Crippen LogP contribution is -2.29. The van der Waals surface area contributed by atoms with Crippen molar-refractivity contribution in [3.05, 3.63) is 21.9 Å². The molecule has 1 amide bonds. The fourth-order valence-corrected chi connectivity index (χ4v) is 1.52. The second-order valence-electron chi connectivity index (χ2n) is 3.71. The first-order valence-corrected chi connectivity index (χ1v) is 5.65. The monoisotopic (exact) mass is 264 g/mol. The van der Waals surface area contributed by atoms with E-state index in [-0.39, 0.29) is 11.1 Å². The SMILES string of the molecule is CC(O)CCN(C)C(=O)c1cc(Cl)c(Cl)[nH]1. The third kappa shape index (κ3) is 3.40. The molecule has 1 aromatic rings. The summed E-state index contributed by atoms with van der Waals surface area (Å²) in [5.74, 6) is -0.200. The van der Waals surface area contributed by atoms with Crippen molar-refractivity contribution in [1.82, 2.24) is 9.88 Å². The van der Waals surface area contributed by atoms with Crippen molar-refractivity contribution in [2.45, 2.75) is 19.4 Å². The minimum atomic E-state index is -0.425. The van der Waals surface area contributed by atoms with Gasteiger partial charge in [0.15, 0.2) is 0 Å². The number of carbonyl (C=O) groups is 1. The number of aliphatic hydroxyl groups excluding tert-OH is 1. The standard InChI is InChI=1S/C10H14Cl2N2O2/c1-6(15)3-4-14(2)10(16)8-5-7(11)9(12)13-8/h5-6,13,15H,3-4H2,1-2H3. The number of aliphatic hydroxyl groups is 1. The highest BCUT2D eigenvalue weighted by Gasteiger charge is 2.15. The van der Waals surface area contributed by atoms with Crippen molar-refractivity contribution in [2.24, 2.45) is 0 Å². The number of hydrogen-bond donors (Lipinski definition) is 2. The molecule has 1 unspecified atom stereocenters. The molecule has 16 heavy (non-hydrogen) atoms. The Hall–Kier alpha value is -0.710. The lowest BCUT2D eigenvalue weighted by molar-refractivity contribution is 0.0764. The number of rotatable bonds is 4. The largest absolute Gasteiger partial charge is 0.393 e. The minimum Gasteiger partial charge on any atom is -0.393 e. The minimum absolute atomic E-state index is 0.200. The summed E-state index contributed by atoms with van der Waals surface area (Å²) in [4.78, 5) is 16.0. The second kappa shape index (κ2) is 5.57. The summed E-state index contributed by atoms with van der Waals surface area (Å²) >= 11 is 11.4. The maximum Gasteiger partial charge on any atom is 0.270 e. The van der Waals surface area contributed by atoms with Gasteiger partial charge >= 0.3 is 0 Å². The third-order valence-corrected chi connectivity index (χ3v) is 2.88. The molecule has 1 atom stereocenters. The number of hydrogen-bond acceptors (Lipinski definition) is 2. The van der Waals surface area contributed by atoms with Gasteiger partial charge in [-0.15, -0.1) is 0 Å². The van der Waals surface area contributed by atoms with Gasteiger partial charge < -0.3 is 15.0 Å². The number of halogens is 2. The first-order valence-electron chi connectivity index (χ1n) is 4.89. The molecule has 2 N–H and O–H groups in total. The Kier molecular flexibility index (Phi) is 4.65. The predicted molar refractivity (Wildman–Crippen MR) is 64.1 cm³/mol. The Morgan fingerprint density at radius 3 is 2.69 bits per heavy atom. The number of aromatic nitrogens is 1. The van der Waals surface area contributed by atoms with E-state index in [0.29, 0.717) is 23.7 Å². The van der Waals surface area contributed by atoms with Crippen LogP contribution in [0, 0.1) is 0 Å². The van der Waals surface area contributed by atoms with Crippen LogP contribution in [0.5, 0.6) is 0 Å². The Morgan fingerprint density at radius 2 is 2.25 bits per heavy atom. The van der Waals surface area contributed by atoms with Gasteiger partial charge in [0.1, 0.15) is 10.8 Å². The number of carbonyl (C=O) groups excluding carboxylic acids is 1. The van der Waals surface area contributed by atoms with Gasteiger partial charge in [-0.2, -0.15) is 0 Å². The van der Waals surface area contributed by atoms with Gasteiger partial charge in [0.05, 0.1) is 11.1 Å². The molecule has 0 spiro atoms. The van der Waals surface area contributed by atoms with Gasteiger partial charge in [-0.25, -0.2) is 0 Å². The second-order valence-corrected chi connectivity index (χ2v) is 4.49. The maximum absolute atomic E-state index is 11.8. The molecule has 4 nitrogen and oxygen atoms in total. The normalized spacial score (nSPS) is 12.6. The third-order valence-electron chi connectivity index (χ3n) is 2.18. The van der Waals surface area contributed by atoms with Crippen molar-refractivity contribution >= 4 is 29.1 Å². The van der Waals surface area contributed by atoms with Crippen LogP contribution in [0.15, 0.2) is 6.07 Å². The Morgan fingerprint density at radius 1 is 1.62 bits per heavy atom. The van der Waals surface area contributed by atoms with Crippen molar-refractivity contribution in [1.29, 1.82) is 0 Å². The fraction of sp³-hybridized carbons (Fsp3) is 0.500. The van der Waals surface area contributed by atoms with E-state index in [4.69, 9.17) is 28.3 Å². The number of nitrogens with zero attached hydrogens (tertiary/aromatic N) is 1. The molecule has 0 saturated heterocycles. The van der Waals surface area contributed by atoms with Crippen LogP contribution in [0.2, 0.25) is 10.2 Å². The van der Waals surface area contributed by atoms with Gasteiger partial charge in [0, 0.05) is 13.6 Å². The molecule has 1 rings (SSSR count).